The molecule has 1 amide bonds. The Bertz CT molecular complexity index is 2520. The molecule has 1 aromatic carbocycles. The Hall–Kier alpha value is -5.23. The van der Waals surface area contributed by atoms with E-state index in [2.05, 4.69) is 0 Å². The van der Waals surface area contributed by atoms with Crippen LogP contribution < -0.4 is 30.0 Å². The number of carbonyl (C=O) groups excluding carboxylic acids is 1. The predicted octanol–water partition coefficient (Wildman–Crippen LogP) is -1.06. The van der Waals surface area contributed by atoms with Gasteiger partial charge in [0.05, 0.1) is 16.0 Å². The van der Waals surface area contributed by atoms with Crippen LogP contribution in [-0.4, -0.2) is 102 Å². The summed E-state index contributed by atoms with van der Waals surface area (Å²) in [5.74, 6) is -7.45. The number of carbonyl (C=O) groups is 4. The maximum absolute atomic E-state index is 16.0. The number of carboxylic acid groups (broad SMARTS) is 3. The number of rotatable bonds is 11. The van der Waals surface area contributed by atoms with Gasteiger partial charge < -0.3 is 25.0 Å². The van der Waals surface area contributed by atoms with E-state index in [1.54, 1.807) is 18.2 Å². The minimum absolute atomic E-state index is 0.150. The van der Waals surface area contributed by atoms with Gasteiger partial charge in [-0.3, -0.25) is 52.3 Å². The fraction of sp³-hybridized carbons (Fsp3) is 0.250. The molecule has 2 aliphatic rings. The Labute approximate surface area is 297 Å². The van der Waals surface area contributed by atoms with Gasteiger partial charge in [0, 0.05) is 19.7 Å². The van der Waals surface area contributed by atoms with Crippen LogP contribution in [0.4, 0.5) is 10.1 Å². The Morgan fingerprint density at radius 2 is 1.53 bits per heavy atom. The predicted molar refractivity (Wildman–Crippen MR) is 181 cm³/mol. The van der Waals surface area contributed by atoms with Gasteiger partial charge in [0.2, 0.25) is 5.88 Å². The Morgan fingerprint density at radius 3 is 2.14 bits per heavy atom. The summed E-state index contributed by atoms with van der Waals surface area (Å²) in [6, 6.07) is 6.25. The zero-order valence-corrected chi connectivity index (χ0v) is 29.1. The van der Waals surface area contributed by atoms with Gasteiger partial charge in [-0.1, -0.05) is 12.1 Å². The zero-order valence-electron chi connectivity index (χ0n) is 25.8. The van der Waals surface area contributed by atoms with Crippen molar-refractivity contribution in [3.05, 3.63) is 75.1 Å². The molecule has 0 atom stereocenters. The average Bonchev–Trinajstić information content (AvgIpc) is 3.71. The van der Waals surface area contributed by atoms with E-state index in [-0.39, 0.29) is 33.2 Å². The molecule has 5 rings (SSSR count). The van der Waals surface area contributed by atoms with Gasteiger partial charge in [0.25, 0.3) is 27.1 Å². The minimum atomic E-state index is -4.35. The van der Waals surface area contributed by atoms with Crippen LogP contribution in [-0.2, 0) is 42.4 Å². The van der Waals surface area contributed by atoms with Crippen LogP contribution in [0.3, 0.4) is 0 Å². The number of halogens is 1. The number of nitrogens with zero attached hydrogens (tertiary/aromatic N) is 5. The molecule has 1 saturated heterocycles. The number of likely N-dealkylation sites (N-methyl/N-ethyl adjacent to an activating group) is 1. The third-order valence-electron chi connectivity index (χ3n) is 7.22. The molecule has 3 aromatic rings. The molecule has 0 aliphatic carbocycles. The first kappa shape index (κ1) is 37.0. The van der Waals surface area contributed by atoms with Crippen molar-refractivity contribution in [3.63, 3.8) is 0 Å². The lowest BCUT2D eigenvalue weighted by Gasteiger charge is -2.17. The van der Waals surface area contributed by atoms with Crippen LogP contribution in [0.1, 0.15) is 6.42 Å². The summed E-state index contributed by atoms with van der Waals surface area (Å²) in [5.41, 5.74) is -2.26. The lowest BCUT2D eigenvalue weighted by Crippen LogP contribution is -2.37. The van der Waals surface area contributed by atoms with E-state index >= 15 is 4.39 Å². The second-order valence-corrected chi connectivity index (χ2v) is 14.7. The zero-order chi connectivity index (χ0) is 37.5. The van der Waals surface area contributed by atoms with Gasteiger partial charge in [-0.2, -0.15) is 8.42 Å². The standard InChI is InChI=1S/C28H24FN5O13S4/c1-30-23(42)20(32(28(30)48)10-17(35)36)26-34(12-19(39)40)24(43)21(50-26)27-33(11-18(37)38)22(41)16(49-27)9-13(29)25-31(7-4-8-51(44,45)46)14-5-2-3-6-15(14)47-25/h2-3,5-6,9H,4,7-8,10-12H2,1H3,(H,35,36)(H,37,38)(H,39,40)(H,44,45,46)/b16-9-,25-13-,26-20+,27-21+. The summed E-state index contributed by atoms with van der Waals surface area (Å²) < 4.78 is 53.1. The molecule has 1 fully saturated rings. The van der Waals surface area contributed by atoms with E-state index in [1.165, 1.54) is 18.0 Å². The first-order valence-electron chi connectivity index (χ1n) is 14.2. The number of ether oxygens (including phenoxy) is 1. The van der Waals surface area contributed by atoms with Gasteiger partial charge in [0.15, 0.2) is 16.7 Å². The number of carboxylic acids is 3. The van der Waals surface area contributed by atoms with Crippen molar-refractivity contribution in [2.75, 3.05) is 30.8 Å². The number of amides is 1. The summed E-state index contributed by atoms with van der Waals surface area (Å²) in [6.07, 6.45) is 0.560. The Balaban J connectivity index is 1.81. The molecular formula is C28H24FN5O13S4. The van der Waals surface area contributed by atoms with E-state index in [0.29, 0.717) is 43.6 Å². The number of aliphatic carboxylic acids is 3. The molecule has 2 aliphatic heterocycles. The van der Waals surface area contributed by atoms with Crippen molar-refractivity contribution >= 4 is 91.4 Å². The number of thiocarbonyl (C=S) groups is 1. The van der Waals surface area contributed by atoms with Crippen LogP contribution in [0.5, 0.6) is 5.75 Å². The third-order valence-corrected chi connectivity index (χ3v) is 11.0. The van der Waals surface area contributed by atoms with Crippen molar-refractivity contribution in [2.24, 2.45) is 0 Å². The number of para-hydroxylation sites is 2. The normalized spacial score (nSPS) is 17.6. The molecule has 4 N–H and O–H groups in total. The monoisotopic (exact) mass is 785 g/mol. The first-order chi connectivity index (χ1) is 23.9. The van der Waals surface area contributed by atoms with Gasteiger partial charge in [-0.05, 0) is 30.8 Å². The number of aromatic nitrogens is 2. The molecule has 0 radical (unpaired) electrons. The summed E-state index contributed by atoms with van der Waals surface area (Å²) in [5, 5.41) is 28.4. The third kappa shape index (κ3) is 7.46. The van der Waals surface area contributed by atoms with Crippen LogP contribution in [0.25, 0.3) is 11.8 Å². The number of hydrogen-bond donors (Lipinski definition) is 4. The molecule has 51 heavy (non-hydrogen) atoms. The SMILES string of the molecule is CN1C(=O)/C(=c2\s/c(=c3/s/c(=C\C(F)=C4\Oc5ccccc5N4CCCS(=O)(=O)O)c(=O)n3CC(=O)O)c(=O)n2CC(=O)O)N(CC(=O)O)C1=S. The highest BCUT2D eigenvalue weighted by atomic mass is 32.2. The van der Waals surface area contributed by atoms with E-state index in [0.717, 1.165) is 9.80 Å². The van der Waals surface area contributed by atoms with Crippen LogP contribution in [0.15, 0.2) is 45.6 Å². The van der Waals surface area contributed by atoms with E-state index in [9.17, 15) is 52.5 Å². The summed E-state index contributed by atoms with van der Waals surface area (Å²) in [6.45, 7) is -3.05. The van der Waals surface area contributed by atoms with E-state index in [1.807, 2.05) is 0 Å². The molecule has 0 spiro atoms. The van der Waals surface area contributed by atoms with Crippen molar-refractivity contribution in [1.82, 2.24) is 18.9 Å². The van der Waals surface area contributed by atoms with Crippen LogP contribution in [0, 0.1) is 9.20 Å². The van der Waals surface area contributed by atoms with Crippen molar-refractivity contribution in [3.8, 4) is 5.75 Å². The highest BCUT2D eigenvalue weighted by Gasteiger charge is 2.39. The number of anilines is 1. The smallest absolute Gasteiger partial charge is 0.323 e. The van der Waals surface area contributed by atoms with Gasteiger partial charge in [-0.15, -0.1) is 22.7 Å². The first-order valence-corrected chi connectivity index (χ1v) is 17.9. The van der Waals surface area contributed by atoms with Crippen molar-refractivity contribution in [2.45, 2.75) is 19.5 Å². The molecule has 2 aromatic heterocycles. The topological polar surface area (TPSA) is 246 Å². The fourth-order valence-corrected chi connectivity index (χ4v) is 8.24. The molecule has 23 heteroatoms. The Kier molecular flexibility index (Phi) is 10.3. The lowest BCUT2D eigenvalue weighted by molar-refractivity contribution is -0.138. The number of benzene rings is 1. The van der Waals surface area contributed by atoms with Crippen molar-refractivity contribution in [1.29, 1.82) is 0 Å². The second-order valence-electron chi connectivity index (χ2n) is 10.7. The molecule has 18 nitrogen and oxygen atoms in total. The Morgan fingerprint density at radius 1 is 0.922 bits per heavy atom. The minimum Gasteiger partial charge on any atom is -0.480 e. The summed E-state index contributed by atoms with van der Waals surface area (Å²) in [7, 11) is -3.12. The quantitative estimate of drug-likeness (QED) is 0.134. The van der Waals surface area contributed by atoms with E-state index in [4.69, 9.17) is 21.5 Å². The summed E-state index contributed by atoms with van der Waals surface area (Å²) in [4.78, 5) is 78.9. The maximum Gasteiger partial charge on any atom is 0.323 e. The second kappa shape index (κ2) is 14.2. The van der Waals surface area contributed by atoms with Crippen LogP contribution in [0.2, 0.25) is 0 Å². The molecule has 4 heterocycles. The molecular weight excluding hydrogens is 762 g/mol. The van der Waals surface area contributed by atoms with E-state index < -0.39 is 96.9 Å². The van der Waals surface area contributed by atoms with Gasteiger partial charge in [0.1, 0.15) is 39.2 Å². The fourth-order valence-electron chi connectivity index (χ4n) is 5.11. The number of allylic oxidation sites excluding steroid dienone is 1. The van der Waals surface area contributed by atoms with Gasteiger partial charge in [-0.25, -0.2) is 4.39 Å². The lowest BCUT2D eigenvalue weighted by atomic mass is 10.2. The van der Waals surface area contributed by atoms with Gasteiger partial charge >= 0.3 is 17.9 Å². The van der Waals surface area contributed by atoms with Crippen LogP contribution >= 0.6 is 34.9 Å². The molecule has 270 valence electrons. The number of fused-ring (bicyclic) bond motifs is 1. The maximum atomic E-state index is 16.0. The summed E-state index contributed by atoms with van der Waals surface area (Å²) >= 11 is 6.13. The molecule has 0 unspecified atom stereocenters. The average molecular weight is 786 g/mol. The number of thiazole rings is 2. The highest BCUT2D eigenvalue weighted by Crippen LogP contribution is 2.40. The largest absolute Gasteiger partial charge is 0.480 e. The number of hydrogen-bond acceptors (Lipinski definition) is 13. The van der Waals surface area contributed by atoms with Crippen molar-refractivity contribution < 1.29 is 56.6 Å². The molecule has 0 saturated carbocycles. The molecule has 0 bridgehead atoms. The highest BCUT2D eigenvalue weighted by molar-refractivity contribution is 7.85.